The first kappa shape index (κ1) is 91.3. The number of H-pyrrole nitrogens is 4. The number of aromatic nitrogens is 16. The molecule has 31 heteroatoms. The van der Waals surface area contributed by atoms with Gasteiger partial charge in [-0.15, -0.1) is 0 Å². The van der Waals surface area contributed by atoms with Gasteiger partial charge in [-0.25, -0.2) is 8.78 Å². The van der Waals surface area contributed by atoms with E-state index >= 15 is 0 Å². The molecule has 0 atom stereocenters. The van der Waals surface area contributed by atoms with Crippen LogP contribution >= 0.6 is 0 Å². The van der Waals surface area contributed by atoms with Crippen molar-refractivity contribution in [2.24, 2.45) is 0 Å². The number of likely N-dealkylation sites (tertiary alicyclic amines) is 1. The number of nitrogen functional groups attached to an aromatic ring is 1. The second-order valence-electron chi connectivity index (χ2n) is 33.9. The fraction of sp³-hybridized carbons (Fsp3) is 0.119. The summed E-state index contributed by atoms with van der Waals surface area (Å²) in [4.78, 5) is 91.8. The number of rotatable bonds is 20. The molecule has 4 amide bonds. The van der Waals surface area contributed by atoms with Crippen molar-refractivity contribution >= 4 is 95.7 Å². The third-order valence-electron chi connectivity index (χ3n) is 23.9. The summed E-state index contributed by atoms with van der Waals surface area (Å²) in [6.45, 7) is 10.9. The van der Waals surface area contributed by atoms with Crippen molar-refractivity contribution in [1.82, 2.24) is 90.5 Å². The number of piperidine rings is 1. The van der Waals surface area contributed by atoms with Crippen LogP contribution in [0.3, 0.4) is 0 Å². The monoisotopic (exact) mass is 1860 g/mol. The number of hydrogen-bond acceptors (Lipinski definition) is 21. The summed E-state index contributed by atoms with van der Waals surface area (Å²) in [5.74, 6) is -1.91. The minimum absolute atomic E-state index is 0.187. The highest BCUT2D eigenvalue weighted by atomic mass is 19.1. The number of aryl methyl sites for hydroxylation is 2. The molecule has 20 aromatic rings. The molecular weight excluding hydrogens is 1770 g/mol. The number of morpholine rings is 1. The van der Waals surface area contributed by atoms with Crippen LogP contribution in [0.15, 0.2) is 323 Å². The molecule has 2 aliphatic heterocycles. The van der Waals surface area contributed by atoms with Crippen molar-refractivity contribution < 1.29 is 37.8 Å². The van der Waals surface area contributed by atoms with Crippen LogP contribution in [0.2, 0.25) is 0 Å². The molecule has 2 aliphatic rings. The van der Waals surface area contributed by atoms with Crippen molar-refractivity contribution in [3.8, 4) is 89.5 Å². The van der Waals surface area contributed by atoms with Crippen molar-refractivity contribution in [2.45, 2.75) is 45.9 Å². The predicted molar refractivity (Wildman–Crippen MR) is 538 cm³/mol. The minimum Gasteiger partial charge on any atom is -0.397 e. The quantitative estimate of drug-likeness (QED) is 0.0339. The van der Waals surface area contributed by atoms with Gasteiger partial charge in [-0.05, 0) is 242 Å². The Kier molecular flexibility index (Phi) is 27.4. The normalized spacial score (nSPS) is 12.8. The van der Waals surface area contributed by atoms with Gasteiger partial charge < -0.3 is 36.8 Å². The van der Waals surface area contributed by atoms with Crippen LogP contribution < -0.4 is 27.0 Å². The van der Waals surface area contributed by atoms with E-state index in [1.165, 1.54) is 35.4 Å². The Hall–Kier alpha value is -17.8. The molecule has 140 heavy (non-hydrogen) atoms. The lowest BCUT2D eigenvalue weighted by Gasteiger charge is -2.29. The van der Waals surface area contributed by atoms with Gasteiger partial charge in [0, 0.05) is 155 Å². The van der Waals surface area contributed by atoms with Gasteiger partial charge in [-0.3, -0.25) is 89.2 Å². The van der Waals surface area contributed by atoms with E-state index in [-0.39, 0.29) is 47.1 Å². The minimum atomic E-state index is -0.365. The average Bonchev–Trinajstić information content (AvgIpc) is 1.65. The topological polar surface area (TPSA) is 396 Å². The number of nitrogens with two attached hydrogens (primary N) is 1. The second kappa shape index (κ2) is 42.0. The van der Waals surface area contributed by atoms with Gasteiger partial charge in [0.05, 0.1) is 117 Å². The largest absolute Gasteiger partial charge is 0.397 e. The van der Waals surface area contributed by atoms with E-state index in [0.717, 1.165) is 193 Å². The highest BCUT2D eigenvalue weighted by Gasteiger charge is 2.24. The summed E-state index contributed by atoms with van der Waals surface area (Å²) in [6, 6.07) is 76.2. The lowest BCUT2D eigenvalue weighted by Crippen LogP contribution is -2.35. The van der Waals surface area contributed by atoms with Gasteiger partial charge in [-0.1, -0.05) is 77.9 Å². The predicted octanol–water partition coefficient (Wildman–Crippen LogP) is 20.0. The molecule has 0 saturated carbocycles. The molecule has 2 saturated heterocycles. The Bertz CT molecular complexity index is 7850. The third kappa shape index (κ3) is 22.1. The molecule has 0 aliphatic carbocycles. The van der Waals surface area contributed by atoms with E-state index in [1.807, 2.05) is 177 Å². The van der Waals surface area contributed by atoms with Crippen molar-refractivity contribution in [3.63, 3.8) is 0 Å². The number of pyridine rings is 8. The highest BCUT2D eigenvalue weighted by Crippen LogP contribution is 2.35. The number of carbonyl (C=O) groups excluding carboxylic acids is 4. The number of halogens is 2. The summed E-state index contributed by atoms with van der Waals surface area (Å²) in [6.07, 6.45) is 22.1. The molecule has 12 aromatic heterocycles. The number of amides is 4. The summed E-state index contributed by atoms with van der Waals surface area (Å²) in [5.41, 5.74) is 31.8. The summed E-state index contributed by atoms with van der Waals surface area (Å²) >= 11 is 0. The van der Waals surface area contributed by atoms with Gasteiger partial charge in [0.15, 0.2) is 22.8 Å². The summed E-state index contributed by atoms with van der Waals surface area (Å²) in [7, 11) is 0. The molecule has 0 unspecified atom stereocenters. The molecule has 2 fully saturated rings. The Morgan fingerprint density at radius 1 is 0.350 bits per heavy atom. The Balaban J connectivity index is 0.000000119. The Morgan fingerprint density at radius 3 is 1.04 bits per heavy atom. The van der Waals surface area contributed by atoms with Gasteiger partial charge >= 0.3 is 0 Å². The molecule has 0 bridgehead atoms. The lowest BCUT2D eigenvalue weighted by atomic mass is 10.0. The molecule has 11 N–H and O–H groups in total. The number of anilines is 5. The Morgan fingerprint density at radius 2 is 0.686 bits per heavy atom. The number of benzene rings is 8. The van der Waals surface area contributed by atoms with Crippen molar-refractivity contribution in [1.29, 1.82) is 0 Å². The fourth-order valence-electron chi connectivity index (χ4n) is 16.6. The molecule has 14 heterocycles. The van der Waals surface area contributed by atoms with Gasteiger partial charge in [0.25, 0.3) is 23.6 Å². The van der Waals surface area contributed by atoms with Crippen molar-refractivity contribution in [2.75, 3.05) is 66.4 Å². The third-order valence-corrected chi connectivity index (χ3v) is 23.9. The number of aromatic amines is 4. The number of aliphatic hydroxyl groups excluding tert-OH is 1. The molecule has 22 rings (SSSR count). The SMILES string of the molecule is Cc1cccc(-c2ccc(NC(=O)c3n[nH]c4ccc(-c5cncc(CN6CCC(O)CC6)c5)cc34)cn2)c1.Cc1cccc(-c2ccc(NC(=O)c3n[nH]c4ccc(-c5cncc(CN6CCOCC6)c5)cc34)cn2)c1.Nc1cncc(-c2ccc3[nH]nc(C(=O)Nc4ccc(-c5ccc(F)cc5)nc4)c3c2)c1.O=C(Nc1ccc(-c2ccc(F)cc2)nc1)c1n[nH]c2ccc(-c3cccnc3)cc12. The first-order chi connectivity index (χ1) is 68.4. The number of ether oxygens (including phenoxy) is 1. The van der Waals surface area contributed by atoms with E-state index < -0.39 is 0 Å². The standard InChI is InChI=1S/C31H30N6O2.C30H28N6O2.C24H17FN6O.C24H16FN5O/c1-20-3-2-4-23(13-20)28-8-6-25(18-33-28)34-31(39)30-27-15-22(5-7-29(27)35-36-30)24-14-21(16-32-17-24)19-37-11-9-26(38)10-12-37;1-20-3-2-4-23(13-20)27-8-6-25(18-32-27)33-30(37)29-26-15-22(5-7-28(26)34-35-29)24-14-21(16-31-17-24)19-36-9-11-38-12-10-36;25-17-4-1-14(2-5-17)21-8-6-19(13-28-21)29-24(32)23-20-10-15(3-7-22(20)30-31-23)16-9-18(26)12-27-11-16;25-18-6-3-15(4-7-18)21-10-8-19(14-27-21)28-24(31)23-20-12-16(5-9-22(20)29-30-23)17-2-1-11-26-13-17/h2-8,13-18,26,38H,9-12,19H2,1H3,(H,34,39)(H,35,36);2-8,13-18H,9-12,19H2,1H3,(H,33,37)(H,34,35);1-13H,26H2,(H,29,32)(H,30,31);1-14H,(H,28,31)(H,29,30). The number of fused-ring (bicyclic) bond motifs is 4. The van der Waals surface area contributed by atoms with Gasteiger partial charge in [0.2, 0.25) is 0 Å². The molecule has 0 spiro atoms. The average molecular weight is 1860 g/mol. The van der Waals surface area contributed by atoms with E-state index in [2.05, 4.69) is 149 Å². The fourth-order valence-corrected chi connectivity index (χ4v) is 16.6. The highest BCUT2D eigenvalue weighted by molar-refractivity contribution is 6.15. The number of carbonyl (C=O) groups is 4. The molecule has 0 radical (unpaired) electrons. The maximum Gasteiger partial charge on any atom is 0.276 e. The van der Waals surface area contributed by atoms with E-state index in [0.29, 0.717) is 62.3 Å². The smallest absolute Gasteiger partial charge is 0.276 e. The van der Waals surface area contributed by atoms with Crippen LogP contribution in [-0.2, 0) is 17.8 Å². The first-order valence-electron chi connectivity index (χ1n) is 45.3. The number of nitrogens with zero attached hydrogens (tertiary/aromatic N) is 14. The lowest BCUT2D eigenvalue weighted by molar-refractivity contribution is 0.0341. The zero-order chi connectivity index (χ0) is 96.0. The number of nitrogens with one attached hydrogen (secondary N) is 8. The Labute approximate surface area is 801 Å². The van der Waals surface area contributed by atoms with Crippen LogP contribution in [0, 0.1) is 25.5 Å². The van der Waals surface area contributed by atoms with E-state index in [1.54, 1.807) is 98.1 Å². The molecule has 29 nitrogen and oxygen atoms in total. The van der Waals surface area contributed by atoms with Crippen LogP contribution in [0.25, 0.3) is 133 Å². The van der Waals surface area contributed by atoms with E-state index in [4.69, 9.17) is 10.5 Å². The maximum absolute atomic E-state index is 13.2. The van der Waals surface area contributed by atoms with Crippen LogP contribution in [0.1, 0.15) is 77.0 Å². The zero-order valence-electron chi connectivity index (χ0n) is 75.8. The summed E-state index contributed by atoms with van der Waals surface area (Å²) < 4.78 is 31.7. The zero-order valence-corrected chi connectivity index (χ0v) is 75.8. The van der Waals surface area contributed by atoms with Gasteiger partial charge in [0.1, 0.15) is 11.6 Å². The number of aliphatic hydroxyl groups is 1. The number of hydrogen-bond donors (Lipinski definition) is 10. The first-order valence-corrected chi connectivity index (χ1v) is 45.3. The van der Waals surface area contributed by atoms with Crippen molar-refractivity contribution in [3.05, 3.63) is 380 Å². The molecular formula is C109H91F2N23O6. The second-order valence-corrected chi connectivity index (χ2v) is 33.9. The van der Waals surface area contributed by atoms with Crippen LogP contribution in [0.5, 0.6) is 0 Å². The van der Waals surface area contributed by atoms with Crippen LogP contribution in [-0.4, -0.2) is 165 Å². The van der Waals surface area contributed by atoms with Gasteiger partial charge in [-0.2, -0.15) is 20.4 Å². The molecule has 692 valence electrons. The molecule has 8 aromatic carbocycles. The van der Waals surface area contributed by atoms with E-state index in [9.17, 15) is 33.1 Å². The summed E-state index contributed by atoms with van der Waals surface area (Å²) in [5, 5.41) is 52.9. The maximum atomic E-state index is 13.2. The van der Waals surface area contributed by atoms with Crippen LogP contribution in [0.4, 0.5) is 37.2 Å².